The standard InChI is InChI=1S/C10H7F2N2/c11-10(12)14-7-6-9(13-14)8-4-2-1-3-5-8/h1-5,7,10H. The number of hydrogen-bond donors (Lipinski definition) is 0. The van der Waals surface area contributed by atoms with Crippen LogP contribution in [0.15, 0.2) is 36.5 Å². The molecule has 0 saturated heterocycles. The number of nitrogens with zero attached hydrogens (tertiary/aromatic N) is 2. The maximum Gasteiger partial charge on any atom is 0.333 e. The number of alkyl halides is 2. The maximum atomic E-state index is 12.2. The number of aromatic nitrogens is 2. The Morgan fingerprint density at radius 2 is 1.93 bits per heavy atom. The first-order chi connectivity index (χ1) is 6.77. The molecule has 1 aromatic heterocycles. The Morgan fingerprint density at radius 1 is 1.21 bits per heavy atom. The van der Waals surface area contributed by atoms with E-state index in [0.29, 0.717) is 10.4 Å². The van der Waals surface area contributed by atoms with E-state index in [9.17, 15) is 8.78 Å². The fourth-order valence-electron chi connectivity index (χ4n) is 1.14. The van der Waals surface area contributed by atoms with Gasteiger partial charge >= 0.3 is 6.55 Å². The van der Waals surface area contributed by atoms with Gasteiger partial charge in [-0.05, 0) is 0 Å². The summed E-state index contributed by atoms with van der Waals surface area (Å²) in [7, 11) is 0. The van der Waals surface area contributed by atoms with Crippen molar-refractivity contribution >= 4 is 0 Å². The second-order valence-corrected chi connectivity index (χ2v) is 2.75. The van der Waals surface area contributed by atoms with Crippen molar-refractivity contribution < 1.29 is 8.78 Å². The number of benzene rings is 1. The van der Waals surface area contributed by atoms with Gasteiger partial charge in [0.05, 0.1) is 0 Å². The second-order valence-electron chi connectivity index (χ2n) is 2.75. The first-order valence-corrected chi connectivity index (χ1v) is 4.08. The minimum absolute atomic E-state index is 0.436. The van der Waals surface area contributed by atoms with Crippen LogP contribution in [0.3, 0.4) is 0 Å². The van der Waals surface area contributed by atoms with Crippen molar-refractivity contribution in [3.05, 3.63) is 42.6 Å². The Bertz CT molecular complexity index is 409. The lowest BCUT2D eigenvalue weighted by molar-refractivity contribution is 0.0568. The van der Waals surface area contributed by atoms with Gasteiger partial charge in [-0.3, -0.25) is 0 Å². The van der Waals surface area contributed by atoms with Gasteiger partial charge < -0.3 is 0 Å². The van der Waals surface area contributed by atoms with Crippen LogP contribution in [0.4, 0.5) is 8.78 Å². The molecule has 4 heteroatoms. The van der Waals surface area contributed by atoms with E-state index >= 15 is 0 Å². The van der Waals surface area contributed by atoms with Gasteiger partial charge in [0.2, 0.25) is 0 Å². The van der Waals surface area contributed by atoms with Crippen LogP contribution in [0.5, 0.6) is 0 Å². The van der Waals surface area contributed by atoms with Crippen LogP contribution in [-0.2, 0) is 0 Å². The zero-order chi connectivity index (χ0) is 9.97. The Balaban J connectivity index is 2.34. The SMILES string of the molecule is FC(F)n1c[c]c(-c2ccccc2)n1. The average Bonchev–Trinajstić information content (AvgIpc) is 2.68. The molecule has 0 bridgehead atoms. The molecule has 0 saturated carbocycles. The van der Waals surface area contributed by atoms with Crippen molar-refractivity contribution in [3.8, 4) is 11.3 Å². The minimum atomic E-state index is -2.61. The van der Waals surface area contributed by atoms with E-state index < -0.39 is 6.55 Å². The molecule has 1 heterocycles. The van der Waals surface area contributed by atoms with Crippen LogP contribution in [-0.4, -0.2) is 9.78 Å². The first kappa shape index (κ1) is 8.87. The third-order valence-corrected chi connectivity index (χ3v) is 1.80. The highest BCUT2D eigenvalue weighted by Crippen LogP contribution is 2.17. The zero-order valence-corrected chi connectivity index (χ0v) is 7.19. The van der Waals surface area contributed by atoms with Gasteiger partial charge in [0.25, 0.3) is 0 Å². The summed E-state index contributed by atoms with van der Waals surface area (Å²) in [6.07, 6.45) is 1.15. The van der Waals surface area contributed by atoms with Crippen LogP contribution < -0.4 is 0 Å². The van der Waals surface area contributed by atoms with Crippen LogP contribution in [0.2, 0.25) is 0 Å². The molecule has 2 rings (SSSR count). The van der Waals surface area contributed by atoms with E-state index in [4.69, 9.17) is 0 Å². The van der Waals surface area contributed by atoms with Gasteiger partial charge in [0.15, 0.2) is 0 Å². The van der Waals surface area contributed by atoms with E-state index in [0.717, 1.165) is 11.8 Å². The highest BCUT2D eigenvalue weighted by molar-refractivity contribution is 5.57. The van der Waals surface area contributed by atoms with Crippen LogP contribution in [0, 0.1) is 6.07 Å². The number of halogens is 2. The Kier molecular flexibility index (Phi) is 2.26. The Morgan fingerprint density at radius 3 is 2.50 bits per heavy atom. The average molecular weight is 193 g/mol. The molecule has 0 N–H and O–H groups in total. The van der Waals surface area contributed by atoms with Crippen LogP contribution in [0.25, 0.3) is 11.3 Å². The van der Waals surface area contributed by atoms with Crippen LogP contribution >= 0.6 is 0 Å². The molecule has 1 radical (unpaired) electrons. The molecule has 0 aliphatic rings. The lowest BCUT2D eigenvalue weighted by Crippen LogP contribution is -1.97. The van der Waals surface area contributed by atoms with Crippen molar-refractivity contribution in [2.75, 3.05) is 0 Å². The van der Waals surface area contributed by atoms with E-state index in [2.05, 4.69) is 11.2 Å². The molecule has 0 fully saturated rings. The molecule has 0 unspecified atom stereocenters. The number of rotatable bonds is 2. The van der Waals surface area contributed by atoms with Gasteiger partial charge in [-0.2, -0.15) is 13.9 Å². The third kappa shape index (κ3) is 1.64. The molecule has 0 spiro atoms. The van der Waals surface area contributed by atoms with Gasteiger partial charge in [-0.25, -0.2) is 4.68 Å². The normalized spacial score (nSPS) is 10.8. The summed E-state index contributed by atoms with van der Waals surface area (Å²) >= 11 is 0. The zero-order valence-electron chi connectivity index (χ0n) is 7.19. The molecule has 14 heavy (non-hydrogen) atoms. The molecule has 0 atom stereocenters. The van der Waals surface area contributed by atoms with Gasteiger partial charge in [-0.15, -0.1) is 0 Å². The molecule has 0 aliphatic carbocycles. The molecule has 71 valence electrons. The molecule has 2 aromatic rings. The number of hydrogen-bond acceptors (Lipinski definition) is 1. The smallest absolute Gasteiger partial charge is 0.210 e. The van der Waals surface area contributed by atoms with Crippen molar-refractivity contribution in [2.45, 2.75) is 6.55 Å². The fourth-order valence-corrected chi connectivity index (χ4v) is 1.14. The first-order valence-electron chi connectivity index (χ1n) is 4.08. The summed E-state index contributed by atoms with van der Waals surface area (Å²) in [6.45, 7) is -2.61. The van der Waals surface area contributed by atoms with E-state index in [1.165, 1.54) is 0 Å². The summed E-state index contributed by atoms with van der Waals surface area (Å²) in [5.41, 5.74) is 1.22. The van der Waals surface area contributed by atoms with Gasteiger partial charge in [0, 0.05) is 17.8 Å². The second kappa shape index (κ2) is 3.57. The molecule has 0 aliphatic heterocycles. The van der Waals surface area contributed by atoms with Gasteiger partial charge in [-0.1, -0.05) is 30.3 Å². The third-order valence-electron chi connectivity index (χ3n) is 1.80. The molecule has 0 amide bonds. The summed E-state index contributed by atoms with van der Waals surface area (Å²) in [4.78, 5) is 0. The molecule has 2 nitrogen and oxygen atoms in total. The highest BCUT2D eigenvalue weighted by atomic mass is 19.3. The Hall–Kier alpha value is -1.71. The summed E-state index contributed by atoms with van der Waals surface area (Å²) < 4.78 is 24.9. The Labute approximate surface area is 79.8 Å². The van der Waals surface area contributed by atoms with E-state index in [1.54, 1.807) is 12.1 Å². The predicted octanol–water partition coefficient (Wildman–Crippen LogP) is 2.75. The lowest BCUT2D eigenvalue weighted by atomic mass is 10.2. The molecular formula is C10H7F2N2. The summed E-state index contributed by atoms with van der Waals surface area (Å²) in [6, 6.07) is 11.8. The van der Waals surface area contributed by atoms with Crippen molar-refractivity contribution in [2.24, 2.45) is 0 Å². The molecule has 1 aromatic carbocycles. The van der Waals surface area contributed by atoms with Crippen molar-refractivity contribution in [3.63, 3.8) is 0 Å². The van der Waals surface area contributed by atoms with Crippen molar-refractivity contribution in [1.29, 1.82) is 0 Å². The fraction of sp³-hybridized carbons (Fsp3) is 0.100. The summed E-state index contributed by atoms with van der Waals surface area (Å²) in [5.74, 6) is 0. The van der Waals surface area contributed by atoms with E-state index in [1.807, 2.05) is 18.2 Å². The predicted molar refractivity (Wildman–Crippen MR) is 47.8 cm³/mol. The quantitative estimate of drug-likeness (QED) is 0.717. The maximum absolute atomic E-state index is 12.2. The largest absolute Gasteiger partial charge is 0.333 e. The van der Waals surface area contributed by atoms with Gasteiger partial charge in [0.1, 0.15) is 5.69 Å². The summed E-state index contributed by atoms with van der Waals surface area (Å²) in [5, 5.41) is 3.69. The minimum Gasteiger partial charge on any atom is -0.210 e. The monoisotopic (exact) mass is 193 g/mol. The highest BCUT2D eigenvalue weighted by Gasteiger charge is 2.08. The van der Waals surface area contributed by atoms with Crippen LogP contribution in [0.1, 0.15) is 6.55 Å². The van der Waals surface area contributed by atoms with Crippen molar-refractivity contribution in [1.82, 2.24) is 9.78 Å². The van der Waals surface area contributed by atoms with E-state index in [-0.39, 0.29) is 0 Å². The lowest BCUT2D eigenvalue weighted by Gasteiger charge is -1.97. The topological polar surface area (TPSA) is 17.8 Å². The molecular weight excluding hydrogens is 186 g/mol.